The predicted octanol–water partition coefficient (Wildman–Crippen LogP) is 1.35. The minimum absolute atomic E-state index is 0.653. The zero-order valence-corrected chi connectivity index (χ0v) is 11.2. The first-order chi connectivity index (χ1) is 8.74. The summed E-state index contributed by atoms with van der Waals surface area (Å²) in [6.07, 6.45) is 6.00. The average molecular weight is 250 g/mol. The fraction of sp³-hybridized carbons (Fsp3) is 0.846. The fourth-order valence-corrected chi connectivity index (χ4v) is 3.22. The minimum atomic E-state index is 0.653. The van der Waals surface area contributed by atoms with Gasteiger partial charge in [0.25, 0.3) is 0 Å². The Balaban J connectivity index is 1.59. The molecule has 100 valence electrons. The molecule has 0 aromatic carbocycles. The van der Waals surface area contributed by atoms with E-state index >= 15 is 0 Å². The molecule has 0 aliphatic carbocycles. The summed E-state index contributed by atoms with van der Waals surface area (Å²) in [6, 6.07) is 2.11. The van der Waals surface area contributed by atoms with Crippen LogP contribution >= 0.6 is 0 Å². The van der Waals surface area contributed by atoms with Gasteiger partial charge in [0.05, 0.1) is 6.54 Å². The maximum Gasteiger partial charge on any atom is 0.230 e. The van der Waals surface area contributed by atoms with Crippen LogP contribution in [0.1, 0.15) is 44.4 Å². The molecule has 2 fully saturated rings. The summed E-state index contributed by atoms with van der Waals surface area (Å²) in [4.78, 5) is 2.37. The molecule has 18 heavy (non-hydrogen) atoms. The number of rotatable bonds is 4. The molecule has 2 aliphatic rings. The van der Waals surface area contributed by atoms with Gasteiger partial charge in [-0.05, 0) is 32.7 Å². The van der Waals surface area contributed by atoms with Crippen molar-refractivity contribution in [1.82, 2.24) is 20.4 Å². The molecule has 2 saturated heterocycles. The molecule has 1 aromatic heterocycles. The smallest absolute Gasteiger partial charge is 0.230 e. The molecule has 0 saturated carbocycles. The van der Waals surface area contributed by atoms with Gasteiger partial charge < -0.3 is 9.73 Å². The summed E-state index contributed by atoms with van der Waals surface area (Å²) in [5, 5.41) is 11.8. The van der Waals surface area contributed by atoms with Crippen LogP contribution in [0.25, 0.3) is 0 Å². The lowest BCUT2D eigenvalue weighted by Crippen LogP contribution is -2.46. The summed E-state index contributed by atoms with van der Waals surface area (Å²) in [7, 11) is 2.17. The SMILES string of the molecule is CCc1nnc(CN(C)C2CC3CCC(C2)N3)o1. The van der Waals surface area contributed by atoms with E-state index in [1.807, 2.05) is 6.92 Å². The highest BCUT2D eigenvalue weighted by molar-refractivity contribution is 4.95. The molecule has 1 aromatic rings. The van der Waals surface area contributed by atoms with Crippen molar-refractivity contribution in [2.45, 2.75) is 63.7 Å². The van der Waals surface area contributed by atoms with E-state index in [1.54, 1.807) is 0 Å². The van der Waals surface area contributed by atoms with Gasteiger partial charge in [0, 0.05) is 24.5 Å². The number of fused-ring (bicyclic) bond motifs is 2. The number of piperidine rings is 1. The largest absolute Gasteiger partial charge is 0.424 e. The molecule has 2 bridgehead atoms. The Morgan fingerprint density at radius 3 is 2.50 bits per heavy atom. The summed E-state index contributed by atoms with van der Waals surface area (Å²) < 4.78 is 5.58. The van der Waals surface area contributed by atoms with Crippen molar-refractivity contribution in [2.24, 2.45) is 0 Å². The van der Waals surface area contributed by atoms with E-state index in [-0.39, 0.29) is 0 Å². The molecule has 3 rings (SSSR count). The zero-order valence-electron chi connectivity index (χ0n) is 11.2. The van der Waals surface area contributed by atoms with Crippen LogP contribution < -0.4 is 5.32 Å². The van der Waals surface area contributed by atoms with Crippen LogP contribution in [0.4, 0.5) is 0 Å². The van der Waals surface area contributed by atoms with Crippen LogP contribution in [-0.2, 0) is 13.0 Å². The Morgan fingerprint density at radius 2 is 1.89 bits per heavy atom. The van der Waals surface area contributed by atoms with E-state index in [1.165, 1.54) is 25.7 Å². The maximum atomic E-state index is 5.58. The normalized spacial score (nSPS) is 31.2. The molecular weight excluding hydrogens is 228 g/mol. The van der Waals surface area contributed by atoms with Gasteiger partial charge in [0.15, 0.2) is 0 Å². The monoisotopic (exact) mass is 250 g/mol. The van der Waals surface area contributed by atoms with Gasteiger partial charge in [0.2, 0.25) is 11.8 Å². The van der Waals surface area contributed by atoms with Crippen LogP contribution in [-0.4, -0.2) is 40.3 Å². The Morgan fingerprint density at radius 1 is 1.22 bits per heavy atom. The molecule has 0 radical (unpaired) electrons. The molecule has 2 aliphatic heterocycles. The van der Waals surface area contributed by atoms with Gasteiger partial charge in [-0.2, -0.15) is 0 Å². The van der Waals surface area contributed by atoms with E-state index < -0.39 is 0 Å². The Bertz CT molecular complexity index is 393. The quantitative estimate of drug-likeness (QED) is 0.874. The van der Waals surface area contributed by atoms with Gasteiger partial charge in [-0.25, -0.2) is 0 Å². The van der Waals surface area contributed by atoms with Gasteiger partial charge in [0.1, 0.15) is 0 Å². The first-order valence-corrected chi connectivity index (χ1v) is 7.02. The van der Waals surface area contributed by atoms with Crippen LogP contribution in [0.3, 0.4) is 0 Å². The van der Waals surface area contributed by atoms with Crippen LogP contribution in [0, 0.1) is 0 Å². The number of hydrogen-bond donors (Lipinski definition) is 1. The third-order valence-electron chi connectivity index (χ3n) is 4.27. The molecule has 1 N–H and O–H groups in total. The second-order valence-corrected chi connectivity index (χ2v) is 5.62. The van der Waals surface area contributed by atoms with Crippen molar-refractivity contribution >= 4 is 0 Å². The van der Waals surface area contributed by atoms with Gasteiger partial charge in [-0.1, -0.05) is 6.92 Å². The van der Waals surface area contributed by atoms with E-state index in [0.717, 1.165) is 36.8 Å². The van der Waals surface area contributed by atoms with Crippen molar-refractivity contribution in [3.63, 3.8) is 0 Å². The molecule has 0 amide bonds. The molecule has 3 heterocycles. The molecule has 5 heteroatoms. The highest BCUT2D eigenvalue weighted by Gasteiger charge is 2.35. The molecule has 5 nitrogen and oxygen atoms in total. The minimum Gasteiger partial charge on any atom is -0.424 e. The Hall–Kier alpha value is -0.940. The van der Waals surface area contributed by atoms with Crippen molar-refractivity contribution in [1.29, 1.82) is 0 Å². The summed E-state index contributed by atoms with van der Waals surface area (Å²) in [5.74, 6) is 1.49. The maximum absolute atomic E-state index is 5.58. The number of nitrogens with one attached hydrogen (secondary N) is 1. The Labute approximate surface area is 108 Å². The van der Waals surface area contributed by atoms with Crippen LogP contribution in [0.5, 0.6) is 0 Å². The molecule has 2 atom stereocenters. The lowest BCUT2D eigenvalue weighted by atomic mass is 9.98. The first kappa shape index (κ1) is 12.1. The predicted molar refractivity (Wildman–Crippen MR) is 68.1 cm³/mol. The standard InChI is InChI=1S/C13H22N4O/c1-3-12-15-16-13(18-12)8-17(2)11-6-9-4-5-10(7-11)14-9/h9-11,14H,3-8H2,1-2H3. The third-order valence-corrected chi connectivity index (χ3v) is 4.27. The topological polar surface area (TPSA) is 54.2 Å². The lowest BCUT2D eigenvalue weighted by molar-refractivity contribution is 0.153. The Kier molecular flexibility index (Phi) is 3.35. The van der Waals surface area contributed by atoms with E-state index in [9.17, 15) is 0 Å². The van der Waals surface area contributed by atoms with Crippen molar-refractivity contribution in [2.75, 3.05) is 7.05 Å². The van der Waals surface area contributed by atoms with Gasteiger partial charge in [-0.3, -0.25) is 4.90 Å². The molecule has 2 unspecified atom stereocenters. The number of aromatic nitrogens is 2. The van der Waals surface area contributed by atoms with E-state index in [4.69, 9.17) is 4.42 Å². The van der Waals surface area contributed by atoms with Crippen molar-refractivity contribution in [3.05, 3.63) is 11.8 Å². The second kappa shape index (κ2) is 4.97. The summed E-state index contributed by atoms with van der Waals surface area (Å²) in [5.41, 5.74) is 0. The average Bonchev–Trinajstić information content (AvgIpc) is 2.96. The highest BCUT2D eigenvalue weighted by Crippen LogP contribution is 2.29. The number of hydrogen-bond acceptors (Lipinski definition) is 5. The van der Waals surface area contributed by atoms with Crippen molar-refractivity contribution in [3.8, 4) is 0 Å². The number of aryl methyl sites for hydroxylation is 1. The summed E-state index contributed by atoms with van der Waals surface area (Å²) in [6.45, 7) is 2.81. The van der Waals surface area contributed by atoms with Gasteiger partial charge in [-0.15, -0.1) is 10.2 Å². The first-order valence-electron chi connectivity index (χ1n) is 7.02. The van der Waals surface area contributed by atoms with Crippen molar-refractivity contribution < 1.29 is 4.42 Å². The number of nitrogens with zero attached hydrogens (tertiary/aromatic N) is 3. The van der Waals surface area contributed by atoms with E-state index in [0.29, 0.717) is 6.04 Å². The van der Waals surface area contributed by atoms with Crippen LogP contribution in [0.2, 0.25) is 0 Å². The second-order valence-electron chi connectivity index (χ2n) is 5.62. The van der Waals surface area contributed by atoms with E-state index in [2.05, 4.69) is 27.5 Å². The highest BCUT2D eigenvalue weighted by atomic mass is 16.4. The van der Waals surface area contributed by atoms with Crippen LogP contribution in [0.15, 0.2) is 4.42 Å². The lowest BCUT2D eigenvalue weighted by Gasteiger charge is -2.34. The van der Waals surface area contributed by atoms with Gasteiger partial charge >= 0.3 is 0 Å². The molecule has 0 spiro atoms. The molecular formula is C13H22N4O. The third kappa shape index (κ3) is 2.42. The fourth-order valence-electron chi connectivity index (χ4n) is 3.22. The zero-order chi connectivity index (χ0) is 12.5. The summed E-state index contributed by atoms with van der Waals surface area (Å²) >= 11 is 0.